The maximum absolute atomic E-state index is 12.7. The van der Waals surface area contributed by atoms with Crippen molar-refractivity contribution in [2.24, 2.45) is 0 Å². The summed E-state index contributed by atoms with van der Waals surface area (Å²) in [5.41, 5.74) is 2.70. The lowest BCUT2D eigenvalue weighted by Crippen LogP contribution is -2.27. The van der Waals surface area contributed by atoms with Crippen molar-refractivity contribution in [1.29, 1.82) is 0 Å². The van der Waals surface area contributed by atoms with Gasteiger partial charge in [-0.2, -0.15) is 0 Å². The molecular weight excluding hydrogens is 310 g/mol. The van der Waals surface area contributed by atoms with Crippen LogP contribution in [0.25, 0.3) is 0 Å². The number of aromatic nitrogens is 2. The van der Waals surface area contributed by atoms with Crippen molar-refractivity contribution in [2.45, 2.75) is 51.3 Å². The first-order valence-electron chi connectivity index (χ1n) is 7.71. The number of benzene rings is 1. The highest BCUT2D eigenvalue weighted by Crippen LogP contribution is 2.28. The predicted molar refractivity (Wildman–Crippen MR) is 92.1 cm³/mol. The lowest BCUT2D eigenvalue weighted by Gasteiger charge is -2.22. The molecule has 0 saturated carbocycles. The molecule has 126 valence electrons. The van der Waals surface area contributed by atoms with E-state index in [9.17, 15) is 8.42 Å². The van der Waals surface area contributed by atoms with Crippen molar-refractivity contribution in [3.8, 4) is 0 Å². The fraction of sp³-hybridized carbons (Fsp3) is 0.471. The average Bonchev–Trinajstić information content (AvgIpc) is 2.93. The quantitative estimate of drug-likeness (QED) is 0.882. The molecule has 1 aromatic heterocycles. The molecule has 6 heteroatoms. The van der Waals surface area contributed by atoms with Gasteiger partial charge in [-0.3, -0.25) is 0 Å². The van der Waals surface area contributed by atoms with Gasteiger partial charge in [-0.05, 0) is 42.0 Å². The Labute approximate surface area is 138 Å². The maximum Gasteiger partial charge on any atom is 0.240 e. The number of nitrogens with one attached hydrogen (secondary N) is 2. The molecule has 0 aliphatic rings. The van der Waals surface area contributed by atoms with E-state index in [1.165, 1.54) is 0 Å². The predicted octanol–water partition coefficient (Wildman–Crippen LogP) is 2.85. The summed E-state index contributed by atoms with van der Waals surface area (Å²) >= 11 is 0. The monoisotopic (exact) mass is 335 g/mol. The highest BCUT2D eigenvalue weighted by atomic mass is 32.2. The number of hydrogen-bond acceptors (Lipinski definition) is 3. The molecule has 0 amide bonds. The summed E-state index contributed by atoms with van der Waals surface area (Å²) < 4.78 is 28.0. The van der Waals surface area contributed by atoms with Crippen molar-refractivity contribution in [3.05, 3.63) is 47.0 Å². The number of nitrogens with zero attached hydrogens (tertiary/aromatic N) is 1. The molecule has 0 radical (unpaired) electrons. The van der Waals surface area contributed by atoms with E-state index in [4.69, 9.17) is 0 Å². The summed E-state index contributed by atoms with van der Waals surface area (Å²) in [7, 11) is -3.54. The fourth-order valence-electron chi connectivity index (χ4n) is 2.36. The van der Waals surface area contributed by atoms with Gasteiger partial charge >= 0.3 is 0 Å². The second kappa shape index (κ2) is 6.45. The van der Waals surface area contributed by atoms with Crippen LogP contribution in [0.1, 0.15) is 43.3 Å². The molecule has 0 atom stereocenters. The molecule has 0 bridgehead atoms. The molecule has 0 saturated heterocycles. The third-order valence-corrected chi connectivity index (χ3v) is 5.57. The summed E-state index contributed by atoms with van der Waals surface area (Å²) in [4.78, 5) is 7.43. The van der Waals surface area contributed by atoms with E-state index in [-0.39, 0.29) is 5.41 Å². The molecule has 0 spiro atoms. The Hall–Kier alpha value is -1.66. The van der Waals surface area contributed by atoms with Crippen molar-refractivity contribution in [2.75, 3.05) is 6.54 Å². The molecule has 2 N–H and O–H groups in total. The SMILES string of the molecule is Cc1cc(C(C)(C)C)cc(S(=O)(=O)NCCc2ncc[nH]2)c1C. The second-order valence-corrected chi connectivity index (χ2v) is 8.59. The van der Waals surface area contributed by atoms with Gasteiger partial charge in [0, 0.05) is 25.4 Å². The van der Waals surface area contributed by atoms with Crippen molar-refractivity contribution >= 4 is 10.0 Å². The van der Waals surface area contributed by atoms with Crippen LogP contribution in [-0.4, -0.2) is 24.9 Å². The Bertz CT molecular complexity index is 773. The zero-order valence-corrected chi connectivity index (χ0v) is 15.2. The lowest BCUT2D eigenvalue weighted by molar-refractivity contribution is 0.574. The van der Waals surface area contributed by atoms with Crippen molar-refractivity contribution < 1.29 is 8.42 Å². The van der Waals surface area contributed by atoms with E-state index >= 15 is 0 Å². The van der Waals surface area contributed by atoms with Crippen LogP contribution in [0.3, 0.4) is 0 Å². The largest absolute Gasteiger partial charge is 0.349 e. The summed E-state index contributed by atoms with van der Waals surface area (Å²) in [6, 6.07) is 3.86. The smallest absolute Gasteiger partial charge is 0.240 e. The van der Waals surface area contributed by atoms with E-state index < -0.39 is 10.0 Å². The minimum absolute atomic E-state index is 0.100. The van der Waals surface area contributed by atoms with Crippen LogP contribution in [0.5, 0.6) is 0 Å². The van der Waals surface area contributed by atoms with Gasteiger partial charge < -0.3 is 4.98 Å². The van der Waals surface area contributed by atoms with Gasteiger partial charge in [0.2, 0.25) is 10.0 Å². The standard InChI is InChI=1S/C17H25N3O2S/c1-12-10-14(17(3,4)5)11-15(13(12)2)23(21,22)20-7-6-16-18-8-9-19-16/h8-11,20H,6-7H2,1-5H3,(H,18,19). The first-order chi connectivity index (χ1) is 10.6. The van der Waals surface area contributed by atoms with Crippen molar-refractivity contribution in [1.82, 2.24) is 14.7 Å². The lowest BCUT2D eigenvalue weighted by atomic mass is 9.85. The van der Waals surface area contributed by atoms with E-state index in [1.807, 2.05) is 13.8 Å². The van der Waals surface area contributed by atoms with Gasteiger partial charge in [-0.25, -0.2) is 18.1 Å². The highest BCUT2D eigenvalue weighted by molar-refractivity contribution is 7.89. The van der Waals surface area contributed by atoms with Gasteiger partial charge in [-0.15, -0.1) is 0 Å². The summed E-state index contributed by atoms with van der Waals surface area (Å²) in [5, 5.41) is 0. The van der Waals surface area contributed by atoms with Gasteiger partial charge in [0.1, 0.15) is 5.82 Å². The van der Waals surface area contributed by atoms with Crippen LogP contribution in [-0.2, 0) is 21.9 Å². The van der Waals surface area contributed by atoms with Crippen LogP contribution >= 0.6 is 0 Å². The van der Waals surface area contributed by atoms with Crippen LogP contribution in [0.15, 0.2) is 29.4 Å². The van der Waals surface area contributed by atoms with E-state index in [0.717, 1.165) is 22.5 Å². The minimum Gasteiger partial charge on any atom is -0.349 e. The number of aryl methyl sites for hydroxylation is 1. The maximum atomic E-state index is 12.7. The zero-order chi connectivity index (χ0) is 17.3. The average molecular weight is 335 g/mol. The molecule has 2 rings (SSSR count). The van der Waals surface area contributed by atoms with Crippen LogP contribution in [0.4, 0.5) is 0 Å². The molecule has 0 unspecified atom stereocenters. The molecule has 2 aromatic rings. The number of rotatable bonds is 5. The Balaban J connectivity index is 2.26. The highest BCUT2D eigenvalue weighted by Gasteiger charge is 2.22. The number of sulfonamides is 1. The first kappa shape index (κ1) is 17.7. The van der Waals surface area contributed by atoms with Crippen molar-refractivity contribution in [3.63, 3.8) is 0 Å². The van der Waals surface area contributed by atoms with Gasteiger partial charge in [-0.1, -0.05) is 26.8 Å². The van der Waals surface area contributed by atoms with Crippen LogP contribution in [0.2, 0.25) is 0 Å². The van der Waals surface area contributed by atoms with E-state index in [0.29, 0.717) is 17.9 Å². The Morgan fingerprint density at radius 2 is 1.91 bits per heavy atom. The van der Waals surface area contributed by atoms with Gasteiger partial charge in [0.05, 0.1) is 4.90 Å². The summed E-state index contributed by atoms with van der Waals surface area (Å²) in [5.74, 6) is 0.768. The summed E-state index contributed by atoms with van der Waals surface area (Å²) in [6.45, 7) is 10.4. The fourth-order valence-corrected chi connectivity index (χ4v) is 3.73. The minimum atomic E-state index is -3.54. The Morgan fingerprint density at radius 3 is 2.48 bits per heavy atom. The topological polar surface area (TPSA) is 74.8 Å². The Kier molecular flexibility index (Phi) is 4.96. The normalized spacial score (nSPS) is 12.6. The molecule has 23 heavy (non-hydrogen) atoms. The third kappa shape index (κ3) is 4.20. The summed E-state index contributed by atoms with van der Waals surface area (Å²) in [6.07, 6.45) is 3.91. The number of imidazole rings is 1. The molecule has 0 fully saturated rings. The molecule has 0 aliphatic carbocycles. The molecule has 5 nitrogen and oxygen atoms in total. The number of aromatic amines is 1. The molecule has 1 heterocycles. The van der Waals surface area contributed by atoms with Crippen LogP contribution in [0, 0.1) is 13.8 Å². The van der Waals surface area contributed by atoms with Gasteiger partial charge in [0.25, 0.3) is 0 Å². The molecule has 0 aliphatic heterocycles. The van der Waals surface area contributed by atoms with Crippen LogP contribution < -0.4 is 4.72 Å². The Morgan fingerprint density at radius 1 is 1.22 bits per heavy atom. The zero-order valence-electron chi connectivity index (χ0n) is 14.4. The first-order valence-corrected chi connectivity index (χ1v) is 9.19. The number of H-pyrrole nitrogens is 1. The molecular formula is C17H25N3O2S. The number of hydrogen-bond donors (Lipinski definition) is 2. The third-order valence-electron chi connectivity index (χ3n) is 3.98. The van der Waals surface area contributed by atoms with E-state index in [1.54, 1.807) is 18.5 Å². The molecule has 1 aromatic carbocycles. The van der Waals surface area contributed by atoms with E-state index in [2.05, 4.69) is 41.5 Å². The second-order valence-electron chi connectivity index (χ2n) is 6.85. The van der Waals surface area contributed by atoms with Gasteiger partial charge in [0.15, 0.2) is 0 Å².